The molecule has 0 saturated heterocycles. The quantitative estimate of drug-likeness (QED) is 0.123. The maximum absolute atomic E-state index is 12.9. The molecule has 0 bridgehead atoms. The van der Waals surface area contributed by atoms with E-state index in [1.165, 1.54) is 31.3 Å². The van der Waals surface area contributed by atoms with Gasteiger partial charge in [-0.15, -0.1) is 0 Å². The second kappa shape index (κ2) is 13.4. The summed E-state index contributed by atoms with van der Waals surface area (Å²) in [6.07, 6.45) is 16.6. The first-order chi connectivity index (χ1) is 20.3. The van der Waals surface area contributed by atoms with E-state index >= 15 is 0 Å². The highest BCUT2D eigenvalue weighted by molar-refractivity contribution is 5.91. The van der Waals surface area contributed by atoms with Crippen LogP contribution in [0.1, 0.15) is 96.3 Å². The summed E-state index contributed by atoms with van der Waals surface area (Å²) >= 11 is 0. The predicted molar refractivity (Wildman–Crippen MR) is 169 cm³/mol. The molecule has 8 nitrogen and oxygen atoms in total. The average molecular weight is 591 g/mol. The Bertz CT molecular complexity index is 1330. The smallest absolute Gasteiger partial charge is 0.338 e. The normalized spacial score (nSPS) is 29.2. The third-order valence-corrected chi connectivity index (χ3v) is 10.3. The van der Waals surface area contributed by atoms with Crippen molar-refractivity contribution in [1.82, 2.24) is 0 Å². The Hall–Kier alpha value is -3.55. The Balaban J connectivity index is 1.46. The molecular weight excluding hydrogens is 544 g/mol. The van der Waals surface area contributed by atoms with Crippen LogP contribution in [0.2, 0.25) is 0 Å². The van der Waals surface area contributed by atoms with E-state index < -0.39 is 33.3 Å². The number of fused-ring (bicyclic) bond motifs is 1. The second-order valence-electron chi connectivity index (χ2n) is 13.7. The van der Waals surface area contributed by atoms with Gasteiger partial charge in [0, 0.05) is 18.6 Å². The molecule has 1 aromatic carbocycles. The van der Waals surface area contributed by atoms with E-state index in [4.69, 9.17) is 4.74 Å². The van der Waals surface area contributed by atoms with Crippen LogP contribution in [0.5, 0.6) is 0 Å². The highest BCUT2D eigenvalue weighted by atomic mass is 16.6. The zero-order chi connectivity index (χ0) is 31.5. The van der Waals surface area contributed by atoms with E-state index in [-0.39, 0.29) is 5.56 Å². The minimum atomic E-state index is -0.798. The summed E-state index contributed by atoms with van der Waals surface area (Å²) in [5, 5.41) is 22.5. The first kappa shape index (κ1) is 32.4. The molecule has 0 heterocycles. The molecule has 0 aliphatic heterocycles. The van der Waals surface area contributed by atoms with Gasteiger partial charge in [-0.25, -0.2) is 4.79 Å². The van der Waals surface area contributed by atoms with Crippen LogP contribution in [0.4, 0.5) is 11.4 Å². The number of carbonyl (C=O) groups is 1. The van der Waals surface area contributed by atoms with E-state index in [9.17, 15) is 25.0 Å². The summed E-state index contributed by atoms with van der Waals surface area (Å²) in [5.74, 6) is 2.24. The molecule has 0 spiro atoms. The number of rotatable bonds is 9. The third kappa shape index (κ3) is 7.70. The third-order valence-electron chi connectivity index (χ3n) is 10.3. The molecule has 43 heavy (non-hydrogen) atoms. The largest absolute Gasteiger partial charge is 0.458 e. The van der Waals surface area contributed by atoms with Crippen molar-refractivity contribution < 1.29 is 19.4 Å². The number of benzene rings is 1. The summed E-state index contributed by atoms with van der Waals surface area (Å²) < 4.78 is 5.70. The zero-order valence-corrected chi connectivity index (χ0v) is 26.2. The van der Waals surface area contributed by atoms with Crippen LogP contribution >= 0.6 is 0 Å². The van der Waals surface area contributed by atoms with Crippen LogP contribution in [0.3, 0.4) is 0 Å². The van der Waals surface area contributed by atoms with Gasteiger partial charge in [0.25, 0.3) is 11.4 Å². The number of carbonyl (C=O) groups excluding carboxylic acids is 1. The topological polar surface area (TPSA) is 113 Å². The fourth-order valence-corrected chi connectivity index (χ4v) is 7.11. The van der Waals surface area contributed by atoms with Gasteiger partial charge in [0.2, 0.25) is 0 Å². The molecule has 3 saturated carbocycles. The number of hydrogen-bond acceptors (Lipinski definition) is 6. The van der Waals surface area contributed by atoms with Crippen molar-refractivity contribution in [3.05, 3.63) is 91.6 Å². The number of non-ortho nitro benzene ring substituents is 2. The van der Waals surface area contributed by atoms with Gasteiger partial charge in [0.05, 0.1) is 21.5 Å². The Morgan fingerprint density at radius 1 is 1.05 bits per heavy atom. The fourth-order valence-electron chi connectivity index (χ4n) is 7.11. The summed E-state index contributed by atoms with van der Waals surface area (Å²) in [6.45, 7) is 15.9. The number of nitro benzene ring substituents is 2. The monoisotopic (exact) mass is 590 g/mol. The maximum Gasteiger partial charge on any atom is 0.338 e. The van der Waals surface area contributed by atoms with Crippen molar-refractivity contribution in [1.29, 1.82) is 0 Å². The molecule has 232 valence electrons. The number of nitro groups is 2. The molecule has 0 unspecified atom stereocenters. The van der Waals surface area contributed by atoms with E-state index in [0.29, 0.717) is 54.3 Å². The lowest BCUT2D eigenvalue weighted by molar-refractivity contribution is -0.394. The van der Waals surface area contributed by atoms with Gasteiger partial charge >= 0.3 is 5.97 Å². The minimum Gasteiger partial charge on any atom is -0.458 e. The highest BCUT2D eigenvalue weighted by Gasteiger charge is 2.47. The first-order valence-corrected chi connectivity index (χ1v) is 15.7. The van der Waals surface area contributed by atoms with Gasteiger partial charge in [0.1, 0.15) is 6.10 Å². The van der Waals surface area contributed by atoms with Gasteiger partial charge in [-0.05, 0) is 85.5 Å². The predicted octanol–water partition coefficient (Wildman–Crippen LogP) is 9.32. The van der Waals surface area contributed by atoms with Crippen LogP contribution in [0, 0.1) is 55.2 Å². The van der Waals surface area contributed by atoms with Crippen molar-refractivity contribution >= 4 is 17.3 Å². The van der Waals surface area contributed by atoms with Crippen LogP contribution in [-0.2, 0) is 4.74 Å². The molecule has 8 heteroatoms. The van der Waals surface area contributed by atoms with Crippen molar-refractivity contribution in [2.75, 3.05) is 0 Å². The molecule has 0 radical (unpaired) electrons. The fraction of sp³-hybridized carbons (Fsp3) is 0.571. The SMILES string of the molecule is C=C1CC[C@H](OC(=O)c2cc([N+](=O)[O-])cc([N+](=O)[O-])c2)C/C1=C/C=C1/CCC[C@]2(C)C[C@H]([C@H](C)/C=C/[C@H](C)C(C)C)C[C@@H]12. The lowest BCUT2D eigenvalue weighted by Gasteiger charge is -2.38. The number of ether oxygens (including phenoxy) is 1. The number of allylic oxidation sites excluding steroid dienone is 6. The van der Waals surface area contributed by atoms with Crippen molar-refractivity contribution in [2.24, 2.45) is 35.0 Å². The molecule has 0 amide bonds. The number of esters is 1. The van der Waals surface area contributed by atoms with Gasteiger partial charge in [-0.3, -0.25) is 20.2 Å². The molecule has 6 atom stereocenters. The molecule has 1 aromatic rings. The van der Waals surface area contributed by atoms with Gasteiger partial charge < -0.3 is 4.74 Å². The van der Waals surface area contributed by atoms with Crippen LogP contribution in [-0.4, -0.2) is 21.9 Å². The number of hydrogen-bond donors (Lipinski definition) is 0. The zero-order valence-electron chi connectivity index (χ0n) is 26.2. The number of nitrogens with zero attached hydrogens (tertiary/aromatic N) is 2. The first-order valence-electron chi connectivity index (χ1n) is 15.7. The lowest BCUT2D eigenvalue weighted by atomic mass is 9.67. The molecule has 3 aliphatic carbocycles. The second-order valence-corrected chi connectivity index (χ2v) is 13.7. The Morgan fingerprint density at radius 2 is 1.72 bits per heavy atom. The lowest BCUT2D eigenvalue weighted by Crippen LogP contribution is -2.27. The van der Waals surface area contributed by atoms with Gasteiger partial charge in [-0.2, -0.15) is 0 Å². The Labute approximate surface area is 255 Å². The summed E-state index contributed by atoms with van der Waals surface area (Å²) in [6, 6.07) is 2.88. The standard InChI is InChI=1S/C35H46N2O6/c1-22(2)23(3)9-10-25(5)29-19-33-26(8-7-15-35(33,6)21-29)12-13-27-18-32(14-11-24(27)4)43-34(38)28-16-30(36(39)40)20-31(17-28)37(41)42/h9-10,12-13,16-17,20,22-23,25,29,32-33H,4,7-8,11,14-15,18-19,21H2,1-3,5-6H3/b10-9+,26-12-,27-13-/t23-,25+,29+,32-,33-,35+/m0/s1. The highest BCUT2D eigenvalue weighted by Crippen LogP contribution is 2.58. The Kier molecular flexibility index (Phi) is 10.1. The molecule has 0 aromatic heterocycles. The molecule has 3 fully saturated rings. The van der Waals surface area contributed by atoms with Gasteiger partial charge in [-0.1, -0.05) is 76.6 Å². The van der Waals surface area contributed by atoms with E-state index in [2.05, 4.69) is 65.5 Å². The van der Waals surface area contributed by atoms with Crippen LogP contribution in [0.25, 0.3) is 0 Å². The van der Waals surface area contributed by atoms with Crippen molar-refractivity contribution in [3.63, 3.8) is 0 Å². The van der Waals surface area contributed by atoms with Crippen molar-refractivity contribution in [3.8, 4) is 0 Å². The Morgan fingerprint density at radius 3 is 2.35 bits per heavy atom. The molecular formula is C35H46N2O6. The molecule has 4 rings (SSSR count). The molecule has 3 aliphatic rings. The van der Waals surface area contributed by atoms with Crippen molar-refractivity contribution in [2.45, 2.75) is 92.1 Å². The van der Waals surface area contributed by atoms with E-state index in [1.54, 1.807) is 0 Å². The van der Waals surface area contributed by atoms with E-state index in [0.717, 1.165) is 35.8 Å². The van der Waals surface area contributed by atoms with Crippen LogP contribution < -0.4 is 0 Å². The summed E-state index contributed by atoms with van der Waals surface area (Å²) in [4.78, 5) is 33.9. The van der Waals surface area contributed by atoms with Gasteiger partial charge in [0.15, 0.2) is 0 Å². The summed E-state index contributed by atoms with van der Waals surface area (Å²) in [5.41, 5.74) is 2.66. The summed E-state index contributed by atoms with van der Waals surface area (Å²) in [7, 11) is 0. The minimum absolute atomic E-state index is 0.196. The maximum atomic E-state index is 12.9. The average Bonchev–Trinajstić information content (AvgIpc) is 3.33. The molecule has 0 N–H and O–H groups in total. The van der Waals surface area contributed by atoms with E-state index in [1.807, 2.05) is 0 Å². The van der Waals surface area contributed by atoms with Crippen LogP contribution in [0.15, 0.2) is 65.8 Å².